The molecule has 3 rings (SSSR count). The van der Waals surface area contributed by atoms with E-state index in [1.54, 1.807) is 0 Å². The second kappa shape index (κ2) is 7.26. The molecular weight excluding hydrogens is 270 g/mol. The maximum atomic E-state index is 12.0. The molecule has 0 heterocycles. The molecule has 22 heavy (non-hydrogen) atoms. The largest absolute Gasteiger partial charge is 0.356 e. The van der Waals surface area contributed by atoms with Gasteiger partial charge in [-0.25, -0.2) is 0 Å². The summed E-state index contributed by atoms with van der Waals surface area (Å²) in [5.41, 5.74) is 3.47. The Kier molecular flexibility index (Phi) is 4.89. The summed E-state index contributed by atoms with van der Waals surface area (Å²) < 4.78 is 0. The van der Waals surface area contributed by atoms with Crippen molar-refractivity contribution in [1.82, 2.24) is 5.32 Å². The summed E-state index contributed by atoms with van der Waals surface area (Å²) >= 11 is 0. The first-order chi connectivity index (χ1) is 10.8. The Balaban J connectivity index is 1.53. The molecule has 0 saturated heterocycles. The molecule has 114 valence electrons. The lowest BCUT2D eigenvalue weighted by Crippen LogP contribution is -2.29. The number of rotatable bonds is 5. The van der Waals surface area contributed by atoms with E-state index in [0.29, 0.717) is 12.3 Å². The maximum absolute atomic E-state index is 12.0. The standard InChI is InChI=1S/C20H23NO/c22-20(21-15-17-6-4-5-7-17)14-16-10-12-19(13-11-16)18-8-2-1-3-9-18/h1-3,8-13,17H,4-7,14-15H2,(H,21,22). The van der Waals surface area contributed by atoms with Crippen LogP contribution >= 0.6 is 0 Å². The topological polar surface area (TPSA) is 29.1 Å². The third-order valence-electron chi connectivity index (χ3n) is 4.49. The van der Waals surface area contributed by atoms with E-state index < -0.39 is 0 Å². The van der Waals surface area contributed by atoms with Crippen molar-refractivity contribution >= 4 is 5.91 Å². The second-order valence-corrected chi connectivity index (χ2v) is 6.19. The summed E-state index contributed by atoms with van der Waals surface area (Å²) in [5.74, 6) is 0.837. The Morgan fingerprint density at radius 2 is 1.55 bits per heavy atom. The van der Waals surface area contributed by atoms with Crippen molar-refractivity contribution in [2.45, 2.75) is 32.1 Å². The number of hydrogen-bond donors (Lipinski definition) is 1. The first-order valence-corrected chi connectivity index (χ1v) is 8.22. The minimum atomic E-state index is 0.138. The molecule has 2 aromatic rings. The van der Waals surface area contributed by atoms with Crippen molar-refractivity contribution in [1.29, 1.82) is 0 Å². The van der Waals surface area contributed by atoms with Crippen LogP contribution in [0.15, 0.2) is 54.6 Å². The molecule has 0 aliphatic heterocycles. The fourth-order valence-electron chi connectivity index (χ4n) is 3.17. The first-order valence-electron chi connectivity index (χ1n) is 8.22. The predicted molar refractivity (Wildman–Crippen MR) is 90.5 cm³/mol. The summed E-state index contributed by atoms with van der Waals surface area (Å²) in [7, 11) is 0. The van der Waals surface area contributed by atoms with Gasteiger partial charge in [0.15, 0.2) is 0 Å². The monoisotopic (exact) mass is 293 g/mol. The number of nitrogens with one attached hydrogen (secondary N) is 1. The Bertz CT molecular complexity index is 597. The minimum absolute atomic E-state index is 0.138. The van der Waals surface area contributed by atoms with Gasteiger partial charge in [-0.3, -0.25) is 4.79 Å². The fourth-order valence-corrected chi connectivity index (χ4v) is 3.17. The Hall–Kier alpha value is -2.09. The van der Waals surface area contributed by atoms with Crippen LogP contribution < -0.4 is 5.32 Å². The molecule has 2 aromatic carbocycles. The van der Waals surface area contributed by atoms with Crippen molar-refractivity contribution in [3.8, 4) is 11.1 Å². The third kappa shape index (κ3) is 3.97. The quantitative estimate of drug-likeness (QED) is 0.879. The molecule has 1 aliphatic rings. The predicted octanol–water partition coefficient (Wildman–Crippen LogP) is 4.20. The Labute approximate surface area is 132 Å². The third-order valence-corrected chi connectivity index (χ3v) is 4.49. The van der Waals surface area contributed by atoms with Gasteiger partial charge in [0.1, 0.15) is 0 Å². The second-order valence-electron chi connectivity index (χ2n) is 6.19. The van der Waals surface area contributed by atoms with Crippen LogP contribution in [0.4, 0.5) is 0 Å². The highest BCUT2D eigenvalue weighted by atomic mass is 16.1. The van der Waals surface area contributed by atoms with E-state index >= 15 is 0 Å². The van der Waals surface area contributed by atoms with E-state index in [1.807, 2.05) is 18.2 Å². The van der Waals surface area contributed by atoms with Gasteiger partial charge >= 0.3 is 0 Å². The van der Waals surface area contributed by atoms with Crippen LogP contribution in [0.25, 0.3) is 11.1 Å². The highest BCUT2D eigenvalue weighted by molar-refractivity contribution is 5.78. The molecule has 2 nitrogen and oxygen atoms in total. The molecule has 0 radical (unpaired) electrons. The van der Waals surface area contributed by atoms with E-state index in [9.17, 15) is 4.79 Å². The molecule has 1 amide bonds. The summed E-state index contributed by atoms with van der Waals surface area (Å²) in [4.78, 5) is 12.0. The van der Waals surface area contributed by atoms with Crippen molar-refractivity contribution in [2.75, 3.05) is 6.54 Å². The molecule has 1 saturated carbocycles. The summed E-state index contributed by atoms with van der Waals surface area (Å²) in [6.45, 7) is 0.848. The summed E-state index contributed by atoms with van der Waals surface area (Å²) in [6, 6.07) is 18.6. The van der Waals surface area contributed by atoms with E-state index in [-0.39, 0.29) is 5.91 Å². The van der Waals surface area contributed by atoms with Gasteiger partial charge in [0.2, 0.25) is 5.91 Å². The van der Waals surface area contributed by atoms with Crippen molar-refractivity contribution in [3.63, 3.8) is 0 Å². The molecule has 0 aromatic heterocycles. The normalized spacial score (nSPS) is 14.9. The van der Waals surface area contributed by atoms with Gasteiger partial charge in [-0.05, 0) is 35.4 Å². The highest BCUT2D eigenvalue weighted by Crippen LogP contribution is 2.23. The van der Waals surface area contributed by atoms with Gasteiger partial charge < -0.3 is 5.32 Å². The van der Waals surface area contributed by atoms with Crippen LogP contribution in [0.5, 0.6) is 0 Å². The van der Waals surface area contributed by atoms with E-state index in [1.165, 1.54) is 36.8 Å². The smallest absolute Gasteiger partial charge is 0.224 e. The van der Waals surface area contributed by atoms with Gasteiger partial charge in [0.05, 0.1) is 6.42 Å². The van der Waals surface area contributed by atoms with Crippen LogP contribution in [-0.2, 0) is 11.2 Å². The lowest BCUT2D eigenvalue weighted by atomic mass is 10.0. The Morgan fingerprint density at radius 3 is 2.23 bits per heavy atom. The average Bonchev–Trinajstić information content (AvgIpc) is 3.08. The number of carbonyl (C=O) groups is 1. The number of carbonyl (C=O) groups excluding carboxylic acids is 1. The van der Waals surface area contributed by atoms with Gasteiger partial charge in [-0.1, -0.05) is 67.4 Å². The first kappa shape index (κ1) is 14.8. The number of hydrogen-bond acceptors (Lipinski definition) is 1. The minimum Gasteiger partial charge on any atom is -0.356 e. The zero-order chi connectivity index (χ0) is 15.2. The van der Waals surface area contributed by atoms with Gasteiger partial charge in [0, 0.05) is 6.54 Å². The molecule has 1 N–H and O–H groups in total. The van der Waals surface area contributed by atoms with Crippen molar-refractivity contribution in [3.05, 3.63) is 60.2 Å². The average molecular weight is 293 g/mol. The van der Waals surface area contributed by atoms with E-state index in [0.717, 1.165) is 12.1 Å². The summed E-state index contributed by atoms with van der Waals surface area (Å²) in [5, 5.41) is 3.08. The molecule has 0 bridgehead atoms. The fraction of sp³-hybridized carbons (Fsp3) is 0.350. The molecule has 0 spiro atoms. The van der Waals surface area contributed by atoms with Gasteiger partial charge in [-0.15, -0.1) is 0 Å². The lowest BCUT2D eigenvalue weighted by molar-refractivity contribution is -0.120. The molecular formula is C20H23NO. The Morgan fingerprint density at radius 1 is 0.909 bits per heavy atom. The SMILES string of the molecule is O=C(Cc1ccc(-c2ccccc2)cc1)NCC1CCCC1. The van der Waals surface area contributed by atoms with Crippen LogP contribution in [-0.4, -0.2) is 12.5 Å². The van der Waals surface area contributed by atoms with Crippen molar-refractivity contribution in [2.24, 2.45) is 5.92 Å². The molecule has 2 heteroatoms. The molecule has 1 aliphatic carbocycles. The zero-order valence-corrected chi connectivity index (χ0v) is 12.9. The number of benzene rings is 2. The van der Waals surface area contributed by atoms with Crippen LogP contribution in [0.3, 0.4) is 0 Å². The number of amides is 1. The van der Waals surface area contributed by atoms with Crippen LogP contribution in [0, 0.1) is 5.92 Å². The summed E-state index contributed by atoms with van der Waals surface area (Å²) in [6.07, 6.45) is 5.66. The van der Waals surface area contributed by atoms with Crippen LogP contribution in [0.2, 0.25) is 0 Å². The lowest BCUT2D eigenvalue weighted by Gasteiger charge is -2.10. The van der Waals surface area contributed by atoms with E-state index in [2.05, 4.69) is 41.7 Å². The highest BCUT2D eigenvalue weighted by Gasteiger charge is 2.15. The van der Waals surface area contributed by atoms with Crippen molar-refractivity contribution < 1.29 is 4.79 Å². The van der Waals surface area contributed by atoms with E-state index in [4.69, 9.17) is 0 Å². The van der Waals surface area contributed by atoms with Gasteiger partial charge in [-0.2, -0.15) is 0 Å². The van der Waals surface area contributed by atoms with Gasteiger partial charge in [0.25, 0.3) is 0 Å². The zero-order valence-electron chi connectivity index (χ0n) is 12.9. The molecule has 0 unspecified atom stereocenters. The molecule has 1 fully saturated rings. The maximum Gasteiger partial charge on any atom is 0.224 e. The molecule has 0 atom stereocenters. The van der Waals surface area contributed by atoms with Crippen LogP contribution in [0.1, 0.15) is 31.2 Å².